The smallest absolute Gasteiger partial charge is 0.169 e. The molecule has 0 bridgehead atoms. The fourth-order valence-electron chi connectivity index (χ4n) is 1.61. The van der Waals surface area contributed by atoms with Crippen LogP contribution < -0.4 is 9.47 Å². The van der Waals surface area contributed by atoms with E-state index in [4.69, 9.17) is 9.47 Å². The van der Waals surface area contributed by atoms with Crippen molar-refractivity contribution in [3.05, 3.63) is 54.6 Å². The van der Waals surface area contributed by atoms with Crippen LogP contribution in [0.5, 0.6) is 17.2 Å². The van der Waals surface area contributed by atoms with Crippen LogP contribution in [-0.4, -0.2) is 32.1 Å². The summed E-state index contributed by atoms with van der Waals surface area (Å²) < 4.78 is 11.6. The van der Waals surface area contributed by atoms with Crippen molar-refractivity contribution in [1.29, 1.82) is 0 Å². The van der Waals surface area contributed by atoms with Gasteiger partial charge in [-0.15, -0.1) is 12.4 Å². The van der Waals surface area contributed by atoms with Gasteiger partial charge in [0.25, 0.3) is 0 Å². The Labute approximate surface area is 126 Å². The molecule has 2 aromatic rings. The van der Waals surface area contributed by atoms with E-state index in [1.54, 1.807) is 0 Å². The molecule has 0 amide bonds. The predicted octanol–water partition coefficient (Wildman–Crippen LogP) is 3.84. The minimum Gasteiger partial charge on any atom is -0.488 e. The summed E-state index contributed by atoms with van der Waals surface area (Å²) in [5.41, 5.74) is 0. The highest BCUT2D eigenvalue weighted by Crippen LogP contribution is 2.30. The van der Waals surface area contributed by atoms with E-state index < -0.39 is 0 Å². The van der Waals surface area contributed by atoms with E-state index >= 15 is 0 Å². The van der Waals surface area contributed by atoms with Gasteiger partial charge in [-0.1, -0.05) is 30.3 Å². The highest BCUT2D eigenvalue weighted by atomic mass is 35.5. The molecule has 0 unspecified atom stereocenters. The number of halogens is 1. The van der Waals surface area contributed by atoms with Gasteiger partial charge < -0.3 is 14.4 Å². The average Bonchev–Trinajstić information content (AvgIpc) is 2.41. The Hall–Kier alpha value is -1.71. The molecule has 0 saturated carbocycles. The lowest BCUT2D eigenvalue weighted by molar-refractivity contribution is 0.254. The summed E-state index contributed by atoms with van der Waals surface area (Å²) in [4.78, 5) is 2.08. The van der Waals surface area contributed by atoms with E-state index in [2.05, 4.69) is 4.90 Å². The predicted molar refractivity (Wildman–Crippen MR) is 84.3 cm³/mol. The molecular formula is C16H20ClNO2. The van der Waals surface area contributed by atoms with Gasteiger partial charge in [0.2, 0.25) is 0 Å². The van der Waals surface area contributed by atoms with Gasteiger partial charge in [-0.05, 0) is 38.4 Å². The minimum atomic E-state index is 0. The molecule has 0 aromatic heterocycles. The molecule has 108 valence electrons. The average molecular weight is 294 g/mol. The molecule has 0 atom stereocenters. The van der Waals surface area contributed by atoms with Crippen LogP contribution in [0.3, 0.4) is 0 Å². The van der Waals surface area contributed by atoms with Gasteiger partial charge in [-0.25, -0.2) is 0 Å². The van der Waals surface area contributed by atoms with Gasteiger partial charge in [0.1, 0.15) is 12.4 Å². The number of ether oxygens (including phenoxy) is 2. The maximum atomic E-state index is 5.83. The summed E-state index contributed by atoms with van der Waals surface area (Å²) in [6.07, 6.45) is 0. The van der Waals surface area contributed by atoms with E-state index in [9.17, 15) is 0 Å². The third kappa shape index (κ3) is 5.11. The summed E-state index contributed by atoms with van der Waals surface area (Å²) >= 11 is 0. The Morgan fingerprint density at radius 1 is 0.850 bits per heavy atom. The van der Waals surface area contributed by atoms with Crippen molar-refractivity contribution < 1.29 is 9.47 Å². The van der Waals surface area contributed by atoms with Crippen LogP contribution in [0.1, 0.15) is 0 Å². The maximum Gasteiger partial charge on any atom is 0.169 e. The van der Waals surface area contributed by atoms with Crippen LogP contribution in [-0.2, 0) is 0 Å². The Balaban J connectivity index is 0.00000200. The zero-order chi connectivity index (χ0) is 13.5. The lowest BCUT2D eigenvalue weighted by atomic mass is 10.3. The molecule has 2 rings (SSSR count). The van der Waals surface area contributed by atoms with E-state index in [0.29, 0.717) is 6.61 Å². The molecule has 2 aromatic carbocycles. The van der Waals surface area contributed by atoms with Crippen molar-refractivity contribution in [1.82, 2.24) is 4.90 Å². The topological polar surface area (TPSA) is 21.7 Å². The fourth-order valence-corrected chi connectivity index (χ4v) is 1.61. The zero-order valence-corrected chi connectivity index (χ0v) is 12.6. The lowest BCUT2D eigenvalue weighted by Gasteiger charge is -2.14. The summed E-state index contributed by atoms with van der Waals surface area (Å²) in [7, 11) is 4.05. The molecule has 0 saturated heterocycles. The number of rotatable bonds is 6. The number of likely N-dealkylation sites (N-methyl/N-ethyl adjacent to an activating group) is 1. The largest absolute Gasteiger partial charge is 0.488 e. The Kier molecular flexibility index (Phi) is 6.91. The van der Waals surface area contributed by atoms with Crippen LogP contribution in [0.2, 0.25) is 0 Å². The van der Waals surface area contributed by atoms with E-state index in [0.717, 1.165) is 23.8 Å². The first kappa shape index (κ1) is 16.3. The normalized spacial score (nSPS) is 9.95. The standard InChI is InChI=1S/C16H19NO2.ClH/c1-17(2)12-13-18-15-10-6-7-11-16(15)19-14-8-4-3-5-9-14;/h3-11H,12-13H2,1-2H3;1H. The second kappa shape index (κ2) is 8.46. The number of para-hydroxylation sites is 3. The Morgan fingerprint density at radius 2 is 1.45 bits per heavy atom. The van der Waals surface area contributed by atoms with Crippen molar-refractivity contribution in [2.45, 2.75) is 0 Å². The van der Waals surface area contributed by atoms with Gasteiger partial charge in [0, 0.05) is 6.54 Å². The Morgan fingerprint density at radius 3 is 2.10 bits per heavy atom. The molecule has 0 radical (unpaired) electrons. The van der Waals surface area contributed by atoms with Crippen LogP contribution >= 0.6 is 12.4 Å². The second-order valence-electron chi connectivity index (χ2n) is 4.51. The van der Waals surface area contributed by atoms with Gasteiger partial charge >= 0.3 is 0 Å². The molecule has 0 aliphatic carbocycles. The third-order valence-electron chi connectivity index (χ3n) is 2.62. The lowest BCUT2D eigenvalue weighted by Crippen LogP contribution is -2.19. The monoisotopic (exact) mass is 293 g/mol. The molecule has 0 N–H and O–H groups in total. The van der Waals surface area contributed by atoms with Crippen LogP contribution in [0.4, 0.5) is 0 Å². The molecule has 0 aliphatic rings. The highest BCUT2D eigenvalue weighted by Gasteiger charge is 2.05. The van der Waals surface area contributed by atoms with E-state index in [1.165, 1.54) is 0 Å². The van der Waals surface area contributed by atoms with Crippen molar-refractivity contribution in [3.63, 3.8) is 0 Å². The summed E-state index contributed by atoms with van der Waals surface area (Å²) in [6, 6.07) is 17.4. The highest BCUT2D eigenvalue weighted by molar-refractivity contribution is 5.85. The van der Waals surface area contributed by atoms with E-state index in [1.807, 2.05) is 68.7 Å². The van der Waals surface area contributed by atoms with Crippen LogP contribution in [0.25, 0.3) is 0 Å². The molecule has 20 heavy (non-hydrogen) atoms. The van der Waals surface area contributed by atoms with Crippen molar-refractivity contribution in [2.75, 3.05) is 27.2 Å². The molecule has 4 heteroatoms. The first-order valence-corrected chi connectivity index (χ1v) is 6.35. The number of hydrogen-bond acceptors (Lipinski definition) is 3. The molecule has 0 fully saturated rings. The molecule has 0 aliphatic heterocycles. The van der Waals surface area contributed by atoms with Crippen LogP contribution in [0, 0.1) is 0 Å². The summed E-state index contributed by atoms with van der Waals surface area (Å²) in [5, 5.41) is 0. The SMILES string of the molecule is CN(C)CCOc1ccccc1Oc1ccccc1.Cl. The quantitative estimate of drug-likeness (QED) is 0.808. The first-order valence-electron chi connectivity index (χ1n) is 6.35. The Bertz CT molecular complexity index is 503. The number of nitrogens with zero attached hydrogens (tertiary/aromatic N) is 1. The van der Waals surface area contributed by atoms with Crippen molar-refractivity contribution in [3.8, 4) is 17.2 Å². The summed E-state index contributed by atoms with van der Waals surface area (Å²) in [5.74, 6) is 2.33. The van der Waals surface area contributed by atoms with E-state index in [-0.39, 0.29) is 12.4 Å². The number of benzene rings is 2. The maximum absolute atomic E-state index is 5.83. The van der Waals surface area contributed by atoms with Crippen molar-refractivity contribution in [2.24, 2.45) is 0 Å². The zero-order valence-electron chi connectivity index (χ0n) is 11.8. The fraction of sp³-hybridized carbons (Fsp3) is 0.250. The van der Waals surface area contributed by atoms with Gasteiger partial charge in [-0.3, -0.25) is 0 Å². The van der Waals surface area contributed by atoms with Crippen molar-refractivity contribution >= 4 is 12.4 Å². The van der Waals surface area contributed by atoms with Gasteiger partial charge in [0.15, 0.2) is 11.5 Å². The molecule has 0 spiro atoms. The second-order valence-corrected chi connectivity index (χ2v) is 4.51. The van der Waals surface area contributed by atoms with Gasteiger partial charge in [0.05, 0.1) is 0 Å². The first-order chi connectivity index (χ1) is 9.25. The number of hydrogen-bond donors (Lipinski definition) is 0. The molecule has 3 nitrogen and oxygen atoms in total. The minimum absolute atomic E-state index is 0. The third-order valence-corrected chi connectivity index (χ3v) is 2.62. The van der Waals surface area contributed by atoms with Crippen LogP contribution in [0.15, 0.2) is 54.6 Å². The molecule has 0 heterocycles. The summed E-state index contributed by atoms with van der Waals surface area (Å²) in [6.45, 7) is 1.52. The van der Waals surface area contributed by atoms with Gasteiger partial charge in [-0.2, -0.15) is 0 Å². The molecular weight excluding hydrogens is 274 g/mol.